The zero-order valence-corrected chi connectivity index (χ0v) is 18.9. The van der Waals surface area contributed by atoms with E-state index in [1.807, 2.05) is 72.4 Å². The second-order valence-corrected chi connectivity index (χ2v) is 9.26. The van der Waals surface area contributed by atoms with Crippen molar-refractivity contribution in [3.8, 4) is 0 Å². The van der Waals surface area contributed by atoms with Gasteiger partial charge in [0.1, 0.15) is 0 Å². The van der Waals surface area contributed by atoms with Crippen LogP contribution in [0.1, 0.15) is 41.5 Å². The fourth-order valence-electron chi connectivity index (χ4n) is 3.68. The normalized spacial score (nSPS) is 14.3. The standard InChI is InChI=1S/C23H27N5O2S/c1-15(2)28-22-18(14-24-28)13-20(16(3)25-22)23(30)26-19-6-4-17(5-7-19)12-21(29)27-8-10-31-11-9-27/h4-7,13-15H,8-12H2,1-3H3,(H,26,30). The number of anilines is 1. The number of benzene rings is 1. The van der Waals surface area contributed by atoms with Crippen molar-refractivity contribution in [2.75, 3.05) is 29.9 Å². The van der Waals surface area contributed by atoms with Gasteiger partial charge >= 0.3 is 0 Å². The Morgan fingerprint density at radius 2 is 1.87 bits per heavy atom. The van der Waals surface area contributed by atoms with Crippen LogP contribution in [0.4, 0.5) is 5.69 Å². The largest absolute Gasteiger partial charge is 0.341 e. The highest BCUT2D eigenvalue weighted by atomic mass is 32.2. The molecule has 2 amide bonds. The topological polar surface area (TPSA) is 80.1 Å². The fourth-order valence-corrected chi connectivity index (χ4v) is 4.58. The number of nitrogens with one attached hydrogen (secondary N) is 1. The maximum Gasteiger partial charge on any atom is 0.257 e. The molecular formula is C23H27N5O2S. The van der Waals surface area contributed by atoms with Gasteiger partial charge in [0.15, 0.2) is 5.65 Å². The quantitative estimate of drug-likeness (QED) is 0.658. The summed E-state index contributed by atoms with van der Waals surface area (Å²) in [5.41, 5.74) is 3.60. The van der Waals surface area contributed by atoms with Crippen LogP contribution in [-0.4, -0.2) is 56.1 Å². The van der Waals surface area contributed by atoms with Crippen molar-refractivity contribution in [1.29, 1.82) is 0 Å². The van der Waals surface area contributed by atoms with Crippen LogP contribution in [0.25, 0.3) is 11.0 Å². The lowest BCUT2D eigenvalue weighted by Crippen LogP contribution is -2.38. The monoisotopic (exact) mass is 437 g/mol. The molecule has 1 aliphatic heterocycles. The number of pyridine rings is 1. The van der Waals surface area contributed by atoms with Crippen molar-refractivity contribution < 1.29 is 9.59 Å². The van der Waals surface area contributed by atoms with Crippen LogP contribution >= 0.6 is 11.8 Å². The van der Waals surface area contributed by atoms with Crippen molar-refractivity contribution in [3.63, 3.8) is 0 Å². The third kappa shape index (κ3) is 4.74. The Labute approximate surface area is 186 Å². The molecule has 0 bridgehead atoms. The lowest BCUT2D eigenvalue weighted by molar-refractivity contribution is -0.130. The molecule has 8 heteroatoms. The van der Waals surface area contributed by atoms with Gasteiger partial charge in [-0.3, -0.25) is 9.59 Å². The molecule has 0 atom stereocenters. The van der Waals surface area contributed by atoms with Crippen molar-refractivity contribution in [2.45, 2.75) is 33.2 Å². The van der Waals surface area contributed by atoms with Gasteiger partial charge in [0.2, 0.25) is 5.91 Å². The molecule has 1 aliphatic rings. The van der Waals surface area contributed by atoms with E-state index in [0.717, 1.165) is 41.2 Å². The Balaban J connectivity index is 1.43. The van der Waals surface area contributed by atoms with Crippen molar-refractivity contribution >= 4 is 40.3 Å². The zero-order valence-electron chi connectivity index (χ0n) is 18.1. The fraction of sp³-hybridized carbons (Fsp3) is 0.391. The molecule has 3 heterocycles. The predicted octanol–water partition coefficient (Wildman–Crippen LogP) is 3.69. The Kier molecular flexibility index (Phi) is 6.27. The SMILES string of the molecule is Cc1nc2c(cnn2C(C)C)cc1C(=O)Nc1ccc(CC(=O)N2CCSCC2)cc1. The lowest BCUT2D eigenvalue weighted by atomic mass is 10.1. The number of rotatable bonds is 5. The zero-order chi connectivity index (χ0) is 22.0. The van der Waals surface area contributed by atoms with Gasteiger partial charge < -0.3 is 10.2 Å². The summed E-state index contributed by atoms with van der Waals surface area (Å²) < 4.78 is 1.85. The molecule has 2 aromatic heterocycles. The van der Waals surface area contributed by atoms with Gasteiger partial charge in [-0.2, -0.15) is 16.9 Å². The summed E-state index contributed by atoms with van der Waals surface area (Å²) in [5.74, 6) is 1.97. The molecule has 0 radical (unpaired) electrons. The van der Waals surface area contributed by atoms with Crippen LogP contribution in [-0.2, 0) is 11.2 Å². The summed E-state index contributed by atoms with van der Waals surface area (Å²) in [6.07, 6.45) is 2.13. The number of thioether (sulfide) groups is 1. The van der Waals surface area contributed by atoms with E-state index in [1.54, 1.807) is 6.20 Å². The average Bonchev–Trinajstić information content (AvgIpc) is 3.18. The molecule has 162 valence electrons. The van der Waals surface area contributed by atoms with E-state index in [4.69, 9.17) is 0 Å². The minimum atomic E-state index is -0.209. The van der Waals surface area contributed by atoms with E-state index >= 15 is 0 Å². The van der Waals surface area contributed by atoms with Crippen molar-refractivity contribution in [2.24, 2.45) is 0 Å². The third-order valence-corrected chi connectivity index (χ3v) is 6.37. The maximum absolute atomic E-state index is 12.8. The molecule has 7 nitrogen and oxygen atoms in total. The summed E-state index contributed by atoms with van der Waals surface area (Å²) in [5, 5.41) is 8.15. The maximum atomic E-state index is 12.8. The van der Waals surface area contributed by atoms with E-state index in [1.165, 1.54) is 0 Å². The van der Waals surface area contributed by atoms with E-state index in [2.05, 4.69) is 15.4 Å². The first-order chi connectivity index (χ1) is 14.9. The number of aromatic nitrogens is 3. The van der Waals surface area contributed by atoms with Gasteiger partial charge in [0.25, 0.3) is 5.91 Å². The second kappa shape index (κ2) is 9.09. The first-order valence-electron chi connectivity index (χ1n) is 10.5. The van der Waals surface area contributed by atoms with Crippen LogP contribution < -0.4 is 5.32 Å². The molecule has 1 aromatic carbocycles. The minimum absolute atomic E-state index is 0.161. The molecule has 31 heavy (non-hydrogen) atoms. The van der Waals surface area contributed by atoms with Gasteiger partial charge in [-0.25, -0.2) is 9.67 Å². The summed E-state index contributed by atoms with van der Waals surface area (Å²) in [4.78, 5) is 31.8. The highest BCUT2D eigenvalue weighted by molar-refractivity contribution is 7.99. The molecule has 0 aliphatic carbocycles. The Bertz CT molecular complexity index is 1100. The van der Waals surface area contributed by atoms with Crippen LogP contribution in [0, 0.1) is 6.92 Å². The summed E-state index contributed by atoms with van der Waals surface area (Å²) in [7, 11) is 0. The summed E-state index contributed by atoms with van der Waals surface area (Å²) in [6.45, 7) is 7.58. The molecule has 0 saturated carbocycles. The van der Waals surface area contributed by atoms with Gasteiger partial charge in [0, 0.05) is 41.7 Å². The average molecular weight is 438 g/mol. The molecule has 0 unspecified atom stereocenters. The first-order valence-corrected chi connectivity index (χ1v) is 11.7. The number of carbonyl (C=O) groups is 2. The molecule has 3 aromatic rings. The third-order valence-electron chi connectivity index (χ3n) is 5.42. The van der Waals surface area contributed by atoms with Gasteiger partial charge in [-0.15, -0.1) is 0 Å². The molecule has 1 N–H and O–H groups in total. The second-order valence-electron chi connectivity index (χ2n) is 8.04. The number of carbonyl (C=O) groups excluding carboxylic acids is 2. The number of aryl methyl sites for hydroxylation is 1. The Morgan fingerprint density at radius 3 is 2.55 bits per heavy atom. The highest BCUT2D eigenvalue weighted by Gasteiger charge is 2.18. The van der Waals surface area contributed by atoms with Gasteiger partial charge in [-0.05, 0) is 44.5 Å². The molecule has 1 saturated heterocycles. The van der Waals surface area contributed by atoms with E-state index < -0.39 is 0 Å². The smallest absolute Gasteiger partial charge is 0.257 e. The van der Waals surface area contributed by atoms with Gasteiger partial charge in [0.05, 0.1) is 23.9 Å². The van der Waals surface area contributed by atoms with Gasteiger partial charge in [-0.1, -0.05) is 12.1 Å². The summed E-state index contributed by atoms with van der Waals surface area (Å²) in [6, 6.07) is 9.50. The van der Waals surface area contributed by atoms with Crippen LogP contribution in [0.5, 0.6) is 0 Å². The highest BCUT2D eigenvalue weighted by Crippen LogP contribution is 2.21. The molecule has 1 fully saturated rings. The van der Waals surface area contributed by atoms with E-state index in [0.29, 0.717) is 23.4 Å². The molecule has 0 spiro atoms. The van der Waals surface area contributed by atoms with Crippen molar-refractivity contribution in [3.05, 3.63) is 53.3 Å². The Hall–Kier alpha value is -2.87. The Morgan fingerprint density at radius 1 is 1.16 bits per heavy atom. The van der Waals surface area contributed by atoms with Crippen LogP contribution in [0.2, 0.25) is 0 Å². The van der Waals surface area contributed by atoms with Crippen molar-refractivity contribution in [1.82, 2.24) is 19.7 Å². The predicted molar refractivity (Wildman–Crippen MR) is 125 cm³/mol. The number of hydrogen-bond donors (Lipinski definition) is 1. The molecular weight excluding hydrogens is 410 g/mol. The summed E-state index contributed by atoms with van der Waals surface area (Å²) >= 11 is 1.89. The minimum Gasteiger partial charge on any atom is -0.341 e. The number of amides is 2. The number of hydrogen-bond acceptors (Lipinski definition) is 5. The number of nitrogens with zero attached hydrogens (tertiary/aromatic N) is 4. The van der Waals surface area contributed by atoms with E-state index in [9.17, 15) is 9.59 Å². The van der Waals surface area contributed by atoms with E-state index in [-0.39, 0.29) is 17.9 Å². The van der Waals surface area contributed by atoms with Crippen LogP contribution in [0.3, 0.4) is 0 Å². The lowest BCUT2D eigenvalue weighted by Gasteiger charge is -2.26. The number of fused-ring (bicyclic) bond motifs is 1. The molecule has 4 rings (SSSR count). The first kappa shape index (κ1) is 21.4. The van der Waals surface area contributed by atoms with Crippen LogP contribution in [0.15, 0.2) is 36.5 Å².